The van der Waals surface area contributed by atoms with Crippen LogP contribution in [0, 0.1) is 5.82 Å². The fourth-order valence-electron chi connectivity index (χ4n) is 3.72. The Morgan fingerprint density at radius 1 is 1.08 bits per heavy atom. The molecular formula is C26H25FN4O5S. The highest BCUT2D eigenvalue weighted by atomic mass is 32.2. The lowest BCUT2D eigenvalue weighted by Crippen LogP contribution is -2.42. The van der Waals surface area contributed by atoms with Crippen molar-refractivity contribution in [2.24, 2.45) is 5.73 Å². The Hall–Kier alpha value is -4.25. The van der Waals surface area contributed by atoms with Crippen molar-refractivity contribution >= 4 is 38.7 Å². The molecule has 2 heterocycles. The topological polar surface area (TPSA) is 125 Å². The van der Waals surface area contributed by atoms with Crippen LogP contribution in [-0.2, 0) is 19.6 Å². The number of rotatable bonds is 6. The van der Waals surface area contributed by atoms with Crippen LogP contribution in [0.4, 0.5) is 15.0 Å². The number of nitrogens with zero attached hydrogens (tertiary/aromatic N) is 3. The van der Waals surface area contributed by atoms with Gasteiger partial charge in [-0.15, -0.1) is 0 Å². The first-order valence-electron chi connectivity index (χ1n) is 11.2. The average molecular weight is 525 g/mol. The van der Waals surface area contributed by atoms with E-state index in [1.807, 2.05) is 0 Å². The maximum absolute atomic E-state index is 14.2. The van der Waals surface area contributed by atoms with E-state index in [0.29, 0.717) is 16.5 Å². The van der Waals surface area contributed by atoms with Gasteiger partial charge in [-0.05, 0) is 63.2 Å². The second kappa shape index (κ2) is 9.66. The second-order valence-corrected chi connectivity index (χ2v) is 11.1. The number of aromatic nitrogens is 2. The molecule has 2 amide bonds. The number of pyridine rings is 1. The summed E-state index contributed by atoms with van der Waals surface area (Å²) in [4.78, 5) is 29.6. The lowest BCUT2D eigenvalue weighted by atomic mass is 10.1. The molecule has 11 heteroatoms. The predicted molar refractivity (Wildman–Crippen MR) is 137 cm³/mol. The molecule has 0 saturated heterocycles. The van der Waals surface area contributed by atoms with Gasteiger partial charge in [0, 0.05) is 28.9 Å². The summed E-state index contributed by atoms with van der Waals surface area (Å²) in [6.07, 6.45) is 2.02. The van der Waals surface area contributed by atoms with Crippen LogP contribution in [0.3, 0.4) is 0 Å². The molecule has 37 heavy (non-hydrogen) atoms. The Morgan fingerprint density at radius 3 is 2.38 bits per heavy atom. The minimum atomic E-state index is -4.02. The van der Waals surface area contributed by atoms with Crippen molar-refractivity contribution in [2.45, 2.75) is 31.3 Å². The molecule has 0 aliphatic heterocycles. The zero-order chi connectivity index (χ0) is 27.0. The molecule has 0 aliphatic carbocycles. The Labute approximate surface area is 213 Å². The standard InChI is InChI=1S/C26H25FN4O5S/c1-26(2,3)36-25(33)30(16-23(28)32)24-12-9-17(14-29-24)21-15-31(22-13-18(27)10-11-20(21)22)37(34,35)19-7-5-4-6-8-19/h4-15H,16H2,1-3H3,(H2,28,32). The van der Waals surface area contributed by atoms with Gasteiger partial charge in [0.2, 0.25) is 5.91 Å². The highest BCUT2D eigenvalue weighted by Gasteiger charge is 2.26. The van der Waals surface area contributed by atoms with Crippen LogP contribution in [0.25, 0.3) is 22.0 Å². The molecule has 0 atom stereocenters. The highest BCUT2D eigenvalue weighted by molar-refractivity contribution is 7.90. The maximum atomic E-state index is 14.2. The fourth-order valence-corrected chi connectivity index (χ4v) is 5.11. The number of carbonyl (C=O) groups excluding carboxylic acids is 2. The number of nitrogens with two attached hydrogens (primary N) is 1. The Kier molecular flexibility index (Phi) is 6.74. The predicted octanol–water partition coefficient (Wildman–Crippen LogP) is 4.31. The minimum Gasteiger partial charge on any atom is -0.443 e. The first-order valence-corrected chi connectivity index (χ1v) is 12.7. The number of amides is 2. The zero-order valence-corrected chi connectivity index (χ0v) is 21.2. The van der Waals surface area contributed by atoms with Gasteiger partial charge in [-0.2, -0.15) is 0 Å². The highest BCUT2D eigenvalue weighted by Crippen LogP contribution is 2.34. The van der Waals surface area contributed by atoms with Crippen LogP contribution in [0.5, 0.6) is 0 Å². The summed E-state index contributed by atoms with van der Waals surface area (Å²) in [6, 6.07) is 14.8. The number of anilines is 1. The minimum absolute atomic E-state index is 0.0515. The summed E-state index contributed by atoms with van der Waals surface area (Å²) in [5, 5.41) is 0.483. The van der Waals surface area contributed by atoms with Gasteiger partial charge in [0.1, 0.15) is 23.8 Å². The number of fused-ring (bicyclic) bond motifs is 1. The summed E-state index contributed by atoms with van der Waals surface area (Å²) in [7, 11) is -4.02. The second-order valence-electron chi connectivity index (χ2n) is 9.26. The van der Waals surface area contributed by atoms with Crippen molar-refractivity contribution < 1.29 is 27.1 Å². The quantitative estimate of drug-likeness (QED) is 0.401. The van der Waals surface area contributed by atoms with Crippen molar-refractivity contribution in [1.29, 1.82) is 0 Å². The van der Waals surface area contributed by atoms with Gasteiger partial charge in [0.25, 0.3) is 10.0 Å². The molecule has 0 bridgehead atoms. The van der Waals surface area contributed by atoms with Crippen LogP contribution >= 0.6 is 0 Å². The normalized spacial score (nSPS) is 11.9. The van der Waals surface area contributed by atoms with E-state index in [-0.39, 0.29) is 16.2 Å². The van der Waals surface area contributed by atoms with Crippen molar-refractivity contribution in [2.75, 3.05) is 11.4 Å². The van der Waals surface area contributed by atoms with Gasteiger partial charge < -0.3 is 10.5 Å². The van der Waals surface area contributed by atoms with E-state index in [2.05, 4.69) is 4.98 Å². The SMILES string of the molecule is CC(C)(C)OC(=O)N(CC(N)=O)c1ccc(-c2cn(S(=O)(=O)c3ccccc3)c3cc(F)ccc23)cn1. The van der Waals surface area contributed by atoms with E-state index >= 15 is 0 Å². The largest absolute Gasteiger partial charge is 0.443 e. The number of primary amides is 1. The van der Waals surface area contributed by atoms with Crippen LogP contribution < -0.4 is 10.6 Å². The molecule has 2 aromatic heterocycles. The Balaban J connectivity index is 1.79. The van der Waals surface area contributed by atoms with Crippen LogP contribution in [0.15, 0.2) is 78.0 Å². The first-order chi connectivity index (χ1) is 17.4. The molecule has 0 fully saturated rings. The number of hydrogen-bond acceptors (Lipinski definition) is 6. The third-order valence-corrected chi connectivity index (χ3v) is 6.98. The molecule has 4 rings (SSSR count). The van der Waals surface area contributed by atoms with Crippen LogP contribution in [0.1, 0.15) is 20.8 Å². The smallest absolute Gasteiger partial charge is 0.416 e. The summed E-state index contributed by atoms with van der Waals surface area (Å²) >= 11 is 0. The molecule has 0 aliphatic rings. The Morgan fingerprint density at radius 2 is 1.78 bits per heavy atom. The molecule has 0 spiro atoms. The molecule has 0 radical (unpaired) electrons. The number of halogens is 1. The van der Waals surface area contributed by atoms with Crippen molar-refractivity contribution in [3.05, 3.63) is 78.9 Å². The lowest BCUT2D eigenvalue weighted by Gasteiger charge is -2.26. The van der Waals surface area contributed by atoms with Crippen LogP contribution in [-0.4, -0.2) is 41.5 Å². The first kappa shape index (κ1) is 25.8. The Bertz CT molecular complexity index is 1580. The zero-order valence-electron chi connectivity index (χ0n) is 20.4. The van der Waals surface area contributed by atoms with E-state index in [0.717, 1.165) is 14.9 Å². The van der Waals surface area contributed by atoms with E-state index in [4.69, 9.17) is 10.5 Å². The summed E-state index contributed by atoms with van der Waals surface area (Å²) in [6.45, 7) is 4.61. The molecule has 9 nitrogen and oxygen atoms in total. The summed E-state index contributed by atoms with van der Waals surface area (Å²) in [5.41, 5.74) is 5.64. The molecule has 192 valence electrons. The maximum Gasteiger partial charge on any atom is 0.416 e. The third kappa shape index (κ3) is 5.46. The van der Waals surface area contributed by atoms with E-state index in [9.17, 15) is 22.4 Å². The number of hydrogen-bond donors (Lipinski definition) is 1. The molecule has 2 aromatic carbocycles. The van der Waals surface area contributed by atoms with E-state index < -0.39 is 40.0 Å². The summed E-state index contributed by atoms with van der Waals surface area (Å²) < 4.78 is 47.3. The van der Waals surface area contributed by atoms with Crippen molar-refractivity contribution in [3.63, 3.8) is 0 Å². The third-order valence-electron chi connectivity index (χ3n) is 5.30. The van der Waals surface area contributed by atoms with Gasteiger partial charge in [-0.3, -0.25) is 9.69 Å². The van der Waals surface area contributed by atoms with Gasteiger partial charge >= 0.3 is 6.09 Å². The molecule has 4 aromatic rings. The van der Waals surface area contributed by atoms with Crippen LogP contribution in [0.2, 0.25) is 0 Å². The number of carbonyl (C=O) groups is 2. The molecule has 2 N–H and O–H groups in total. The van der Waals surface area contributed by atoms with Crippen molar-refractivity contribution in [3.8, 4) is 11.1 Å². The van der Waals surface area contributed by atoms with Gasteiger partial charge in [0.05, 0.1) is 10.4 Å². The van der Waals surface area contributed by atoms with Gasteiger partial charge in [0.15, 0.2) is 0 Å². The summed E-state index contributed by atoms with van der Waals surface area (Å²) in [5.74, 6) is -1.23. The van der Waals surface area contributed by atoms with Crippen molar-refractivity contribution in [1.82, 2.24) is 8.96 Å². The number of benzene rings is 2. The van der Waals surface area contributed by atoms with E-state index in [1.54, 1.807) is 45.0 Å². The average Bonchev–Trinajstić information content (AvgIpc) is 3.21. The van der Waals surface area contributed by atoms with Gasteiger partial charge in [-0.25, -0.2) is 26.6 Å². The lowest BCUT2D eigenvalue weighted by molar-refractivity contribution is -0.116. The number of ether oxygens (including phenoxy) is 1. The molecule has 0 unspecified atom stereocenters. The molecule has 0 saturated carbocycles. The van der Waals surface area contributed by atoms with E-state index in [1.165, 1.54) is 42.7 Å². The molecular weight excluding hydrogens is 499 g/mol. The van der Waals surface area contributed by atoms with Gasteiger partial charge in [-0.1, -0.05) is 18.2 Å². The monoisotopic (exact) mass is 524 g/mol. The fraction of sp³-hybridized carbons (Fsp3) is 0.192.